The van der Waals surface area contributed by atoms with E-state index in [-0.39, 0.29) is 25.4 Å². The lowest BCUT2D eigenvalue weighted by atomic mass is 9.86. The van der Waals surface area contributed by atoms with E-state index < -0.39 is 0 Å². The molecule has 1 amide bonds. The van der Waals surface area contributed by atoms with E-state index in [1.54, 1.807) is 0 Å². The van der Waals surface area contributed by atoms with Gasteiger partial charge in [0.1, 0.15) is 0 Å². The molecule has 5 rings (SSSR count). The minimum Gasteiger partial charge on any atom is -0.371 e. The van der Waals surface area contributed by atoms with Crippen molar-refractivity contribution in [2.75, 3.05) is 42.5 Å². The summed E-state index contributed by atoms with van der Waals surface area (Å²) in [6, 6.07) is 23.5. The Morgan fingerprint density at radius 1 is 0.923 bits per heavy atom. The van der Waals surface area contributed by atoms with Gasteiger partial charge in [0.05, 0.1) is 5.69 Å². The first kappa shape index (κ1) is 28.6. The second-order valence-electron chi connectivity index (χ2n) is 11.0. The highest BCUT2D eigenvalue weighted by molar-refractivity contribution is 7.59. The number of aryl methyl sites for hydroxylation is 2. The van der Waals surface area contributed by atoms with Crippen LogP contribution in [-0.4, -0.2) is 49.6 Å². The van der Waals surface area contributed by atoms with E-state index in [9.17, 15) is 4.79 Å². The molecule has 2 aliphatic rings. The molecule has 0 bridgehead atoms. The first-order chi connectivity index (χ1) is 18.4. The standard InChI is InChI=1S/C34H39N3O.H2S/c1-5-29-11-9-10-14-33(29)35-17-15-28(16-18-35)22-30-23-32(26(3)21-25(30)2)34(38)36-19-20-37(27(4)24-36)31-12-7-6-8-13-31;/h1,6-14,21,23,27-28H,15-20,22,24H2,2-4H3;1H2/t27-;/m0./s1. The first-order valence-electron chi connectivity index (χ1n) is 14.0. The van der Waals surface area contributed by atoms with Crippen LogP contribution in [0.5, 0.6) is 0 Å². The second-order valence-corrected chi connectivity index (χ2v) is 11.0. The highest BCUT2D eigenvalue weighted by atomic mass is 32.1. The highest BCUT2D eigenvalue weighted by Gasteiger charge is 2.29. The molecule has 2 fully saturated rings. The number of anilines is 2. The maximum Gasteiger partial charge on any atom is 0.254 e. The van der Waals surface area contributed by atoms with Gasteiger partial charge in [0.2, 0.25) is 0 Å². The zero-order valence-electron chi connectivity index (χ0n) is 23.5. The Hall–Kier alpha value is -3.36. The van der Waals surface area contributed by atoms with Crippen LogP contribution in [0.3, 0.4) is 0 Å². The molecule has 1 atom stereocenters. The Morgan fingerprint density at radius 2 is 1.62 bits per heavy atom. The first-order valence-corrected chi connectivity index (χ1v) is 14.0. The highest BCUT2D eigenvalue weighted by Crippen LogP contribution is 2.30. The summed E-state index contributed by atoms with van der Waals surface area (Å²) in [6.45, 7) is 10.9. The maximum absolute atomic E-state index is 13.7. The van der Waals surface area contributed by atoms with Crippen molar-refractivity contribution >= 4 is 30.8 Å². The molecule has 0 N–H and O–H groups in total. The molecule has 3 aromatic rings. The van der Waals surface area contributed by atoms with Gasteiger partial charge in [-0.3, -0.25) is 4.79 Å². The summed E-state index contributed by atoms with van der Waals surface area (Å²) in [5, 5.41) is 0. The van der Waals surface area contributed by atoms with Crippen molar-refractivity contribution in [1.29, 1.82) is 0 Å². The van der Waals surface area contributed by atoms with E-state index in [1.807, 2.05) is 23.1 Å². The van der Waals surface area contributed by atoms with Crippen molar-refractivity contribution in [3.8, 4) is 12.3 Å². The van der Waals surface area contributed by atoms with Gasteiger partial charge < -0.3 is 14.7 Å². The number of hydrogen-bond acceptors (Lipinski definition) is 3. The van der Waals surface area contributed by atoms with Gasteiger partial charge in [-0.25, -0.2) is 0 Å². The van der Waals surface area contributed by atoms with Crippen LogP contribution in [-0.2, 0) is 6.42 Å². The van der Waals surface area contributed by atoms with Gasteiger partial charge in [-0.2, -0.15) is 13.5 Å². The van der Waals surface area contributed by atoms with Crippen LogP contribution >= 0.6 is 13.5 Å². The Kier molecular flexibility index (Phi) is 9.30. The minimum absolute atomic E-state index is 0. The summed E-state index contributed by atoms with van der Waals surface area (Å²) in [6.07, 6.45) is 9.03. The van der Waals surface area contributed by atoms with Crippen LogP contribution in [0.2, 0.25) is 0 Å². The normalized spacial score (nSPS) is 17.9. The fourth-order valence-corrected chi connectivity index (χ4v) is 6.22. The minimum atomic E-state index is 0. The lowest BCUT2D eigenvalue weighted by Gasteiger charge is -2.41. The van der Waals surface area contributed by atoms with Crippen molar-refractivity contribution in [2.45, 2.75) is 46.1 Å². The molecule has 4 nitrogen and oxygen atoms in total. The predicted molar refractivity (Wildman–Crippen MR) is 168 cm³/mol. The lowest BCUT2D eigenvalue weighted by molar-refractivity contribution is 0.0725. The molecule has 39 heavy (non-hydrogen) atoms. The number of para-hydroxylation sites is 2. The number of carbonyl (C=O) groups excluding carboxylic acids is 1. The molecule has 2 aliphatic heterocycles. The van der Waals surface area contributed by atoms with Crippen LogP contribution in [0.15, 0.2) is 66.7 Å². The van der Waals surface area contributed by atoms with Crippen molar-refractivity contribution < 1.29 is 4.79 Å². The van der Waals surface area contributed by atoms with Crippen LogP contribution in [0.1, 0.15) is 52.4 Å². The summed E-state index contributed by atoms with van der Waals surface area (Å²) >= 11 is 0. The lowest BCUT2D eigenvalue weighted by Crippen LogP contribution is -2.53. The van der Waals surface area contributed by atoms with E-state index in [4.69, 9.17) is 6.42 Å². The molecule has 5 heteroatoms. The third kappa shape index (κ3) is 6.28. The SMILES string of the molecule is C#Cc1ccccc1N1CCC(Cc2cc(C(=O)N3CCN(c4ccccc4)[C@@H](C)C3)c(C)cc2C)CC1.S. The van der Waals surface area contributed by atoms with Crippen molar-refractivity contribution in [3.63, 3.8) is 0 Å². The number of rotatable bonds is 5. The zero-order valence-corrected chi connectivity index (χ0v) is 24.5. The summed E-state index contributed by atoms with van der Waals surface area (Å²) in [7, 11) is 0. The average Bonchev–Trinajstić information content (AvgIpc) is 2.95. The number of piperidine rings is 1. The third-order valence-electron chi connectivity index (χ3n) is 8.44. The summed E-state index contributed by atoms with van der Waals surface area (Å²) in [4.78, 5) is 20.6. The summed E-state index contributed by atoms with van der Waals surface area (Å²) < 4.78 is 0. The molecular formula is C34H41N3OS. The largest absolute Gasteiger partial charge is 0.371 e. The molecule has 2 heterocycles. The van der Waals surface area contributed by atoms with E-state index in [0.717, 1.165) is 68.7 Å². The maximum atomic E-state index is 13.7. The number of carbonyl (C=O) groups is 1. The number of piperazine rings is 1. The number of hydrogen-bond donors (Lipinski definition) is 0. The van der Waals surface area contributed by atoms with E-state index in [0.29, 0.717) is 5.92 Å². The molecule has 0 aromatic heterocycles. The Balaban J connectivity index is 0.00000353. The summed E-state index contributed by atoms with van der Waals surface area (Å²) in [5.41, 5.74) is 7.94. The quantitative estimate of drug-likeness (QED) is 0.361. The fraction of sp³-hybridized carbons (Fsp3) is 0.382. The predicted octanol–water partition coefficient (Wildman–Crippen LogP) is 6.21. The molecule has 3 aromatic carbocycles. The van der Waals surface area contributed by atoms with Crippen molar-refractivity contribution in [2.24, 2.45) is 5.92 Å². The third-order valence-corrected chi connectivity index (χ3v) is 8.44. The number of benzene rings is 3. The number of nitrogens with zero attached hydrogens (tertiary/aromatic N) is 3. The molecule has 0 aliphatic carbocycles. The number of amides is 1. The molecule has 0 unspecified atom stereocenters. The smallest absolute Gasteiger partial charge is 0.254 e. The molecule has 0 radical (unpaired) electrons. The molecule has 0 spiro atoms. The van der Waals surface area contributed by atoms with Crippen LogP contribution in [0.25, 0.3) is 0 Å². The topological polar surface area (TPSA) is 26.8 Å². The molecule has 204 valence electrons. The second kappa shape index (κ2) is 12.7. The van der Waals surface area contributed by atoms with Crippen molar-refractivity contribution in [1.82, 2.24) is 4.90 Å². The Labute approximate surface area is 241 Å². The van der Waals surface area contributed by atoms with Crippen molar-refractivity contribution in [3.05, 3.63) is 94.5 Å². The van der Waals surface area contributed by atoms with Crippen LogP contribution < -0.4 is 9.80 Å². The fourth-order valence-electron chi connectivity index (χ4n) is 6.22. The monoisotopic (exact) mass is 539 g/mol. The van der Waals surface area contributed by atoms with E-state index >= 15 is 0 Å². The van der Waals surface area contributed by atoms with E-state index in [2.05, 4.69) is 85.0 Å². The van der Waals surface area contributed by atoms with Gasteiger partial charge in [-0.1, -0.05) is 42.3 Å². The van der Waals surface area contributed by atoms with Gasteiger partial charge in [0.25, 0.3) is 5.91 Å². The van der Waals surface area contributed by atoms with E-state index in [1.165, 1.54) is 22.5 Å². The van der Waals surface area contributed by atoms with Gasteiger partial charge in [0, 0.05) is 55.6 Å². The molecule has 0 saturated carbocycles. The van der Waals surface area contributed by atoms with Gasteiger partial charge in [-0.05, 0) is 93.0 Å². The van der Waals surface area contributed by atoms with Crippen LogP contribution in [0.4, 0.5) is 11.4 Å². The zero-order chi connectivity index (χ0) is 26.6. The van der Waals surface area contributed by atoms with Gasteiger partial charge >= 0.3 is 0 Å². The average molecular weight is 540 g/mol. The Bertz CT molecular complexity index is 1320. The summed E-state index contributed by atoms with van der Waals surface area (Å²) in [5.74, 6) is 3.62. The molecular weight excluding hydrogens is 498 g/mol. The Morgan fingerprint density at radius 3 is 2.31 bits per heavy atom. The number of terminal acetylenes is 1. The van der Waals surface area contributed by atoms with Crippen LogP contribution in [0, 0.1) is 32.1 Å². The van der Waals surface area contributed by atoms with Gasteiger partial charge in [-0.15, -0.1) is 6.42 Å². The molecule has 2 saturated heterocycles. The van der Waals surface area contributed by atoms with Gasteiger partial charge in [0.15, 0.2) is 0 Å².